The lowest BCUT2D eigenvalue weighted by Gasteiger charge is -2.42. The molecule has 2 N–H and O–H groups in total. The van der Waals surface area contributed by atoms with Gasteiger partial charge >= 0.3 is 0 Å². The van der Waals surface area contributed by atoms with Crippen LogP contribution in [0.3, 0.4) is 0 Å². The SMILES string of the molecule is CCC1(C)CCN(C2Cc3ccc(OC)cc3C2N)CC1. The number of benzene rings is 1. The lowest BCUT2D eigenvalue weighted by atomic mass is 9.78. The van der Waals surface area contributed by atoms with Gasteiger partial charge in [-0.2, -0.15) is 0 Å². The topological polar surface area (TPSA) is 38.5 Å². The van der Waals surface area contributed by atoms with Crippen LogP contribution in [0.1, 0.15) is 50.3 Å². The first-order valence-electron chi connectivity index (χ1n) is 8.23. The third-order valence-corrected chi connectivity index (χ3v) is 5.88. The Hall–Kier alpha value is -1.06. The maximum Gasteiger partial charge on any atom is 0.119 e. The second-order valence-electron chi connectivity index (χ2n) is 7.06. The summed E-state index contributed by atoms with van der Waals surface area (Å²) in [5.74, 6) is 0.919. The minimum absolute atomic E-state index is 0.126. The molecule has 1 aromatic rings. The van der Waals surface area contributed by atoms with E-state index in [1.807, 2.05) is 0 Å². The first kappa shape index (κ1) is 14.9. The summed E-state index contributed by atoms with van der Waals surface area (Å²) in [7, 11) is 1.72. The number of piperidine rings is 1. The van der Waals surface area contributed by atoms with E-state index < -0.39 is 0 Å². The Labute approximate surface area is 128 Å². The van der Waals surface area contributed by atoms with Gasteiger partial charge in [-0.15, -0.1) is 0 Å². The van der Waals surface area contributed by atoms with Crippen LogP contribution in [0.5, 0.6) is 5.75 Å². The molecule has 1 saturated heterocycles. The predicted octanol–water partition coefficient (Wildman–Crippen LogP) is 3.13. The molecule has 1 aliphatic heterocycles. The molecule has 21 heavy (non-hydrogen) atoms. The van der Waals surface area contributed by atoms with Crippen molar-refractivity contribution in [2.24, 2.45) is 11.1 Å². The van der Waals surface area contributed by atoms with E-state index in [1.54, 1.807) is 7.11 Å². The summed E-state index contributed by atoms with van der Waals surface area (Å²) in [5, 5.41) is 0. The number of nitrogens with zero attached hydrogens (tertiary/aromatic N) is 1. The predicted molar refractivity (Wildman–Crippen MR) is 86.6 cm³/mol. The summed E-state index contributed by atoms with van der Waals surface area (Å²) in [6.07, 6.45) is 4.97. The molecule has 3 rings (SSSR count). The molecule has 0 radical (unpaired) electrons. The highest BCUT2D eigenvalue weighted by Gasteiger charge is 2.38. The van der Waals surface area contributed by atoms with Crippen LogP contribution in [0.15, 0.2) is 18.2 Å². The molecule has 0 saturated carbocycles. The van der Waals surface area contributed by atoms with Gasteiger partial charge in [0.15, 0.2) is 0 Å². The largest absolute Gasteiger partial charge is 0.497 e. The molecule has 0 spiro atoms. The molecule has 1 heterocycles. The minimum atomic E-state index is 0.126. The monoisotopic (exact) mass is 288 g/mol. The molecule has 1 aromatic carbocycles. The average molecular weight is 288 g/mol. The van der Waals surface area contributed by atoms with Crippen LogP contribution >= 0.6 is 0 Å². The first-order chi connectivity index (χ1) is 10.1. The van der Waals surface area contributed by atoms with Gasteiger partial charge in [-0.05, 0) is 61.0 Å². The van der Waals surface area contributed by atoms with Crippen molar-refractivity contribution in [3.8, 4) is 5.75 Å². The van der Waals surface area contributed by atoms with Gasteiger partial charge in [-0.3, -0.25) is 4.90 Å². The Morgan fingerprint density at radius 2 is 2.05 bits per heavy atom. The lowest BCUT2D eigenvalue weighted by molar-refractivity contribution is 0.0747. The zero-order valence-electron chi connectivity index (χ0n) is 13.6. The van der Waals surface area contributed by atoms with Crippen LogP contribution in [0.25, 0.3) is 0 Å². The quantitative estimate of drug-likeness (QED) is 0.928. The van der Waals surface area contributed by atoms with Crippen molar-refractivity contribution in [2.75, 3.05) is 20.2 Å². The van der Waals surface area contributed by atoms with Crippen molar-refractivity contribution in [3.63, 3.8) is 0 Å². The van der Waals surface area contributed by atoms with Gasteiger partial charge in [0.2, 0.25) is 0 Å². The van der Waals surface area contributed by atoms with E-state index in [0.29, 0.717) is 11.5 Å². The third-order valence-electron chi connectivity index (χ3n) is 5.88. The Morgan fingerprint density at radius 3 is 2.67 bits per heavy atom. The molecular formula is C18H28N2O. The van der Waals surface area contributed by atoms with E-state index in [9.17, 15) is 0 Å². The summed E-state index contributed by atoms with van der Waals surface area (Å²) >= 11 is 0. The highest BCUT2D eigenvalue weighted by molar-refractivity contribution is 5.42. The van der Waals surface area contributed by atoms with E-state index in [4.69, 9.17) is 10.5 Å². The molecule has 1 fully saturated rings. The minimum Gasteiger partial charge on any atom is -0.497 e. The van der Waals surface area contributed by atoms with Crippen molar-refractivity contribution in [3.05, 3.63) is 29.3 Å². The summed E-state index contributed by atoms with van der Waals surface area (Å²) in [5.41, 5.74) is 9.77. The summed E-state index contributed by atoms with van der Waals surface area (Å²) < 4.78 is 5.34. The lowest BCUT2D eigenvalue weighted by Crippen LogP contribution is -2.47. The average Bonchev–Trinajstić information content (AvgIpc) is 2.84. The molecule has 2 atom stereocenters. The summed E-state index contributed by atoms with van der Waals surface area (Å²) in [4.78, 5) is 2.62. The molecule has 3 nitrogen and oxygen atoms in total. The van der Waals surface area contributed by atoms with Crippen molar-refractivity contribution >= 4 is 0 Å². The van der Waals surface area contributed by atoms with Gasteiger partial charge in [0.25, 0.3) is 0 Å². The second kappa shape index (κ2) is 5.62. The van der Waals surface area contributed by atoms with Crippen molar-refractivity contribution in [1.82, 2.24) is 4.90 Å². The van der Waals surface area contributed by atoms with Crippen LogP contribution in [-0.4, -0.2) is 31.1 Å². The summed E-state index contributed by atoms with van der Waals surface area (Å²) in [6, 6.07) is 6.96. The Bertz CT molecular complexity index is 506. The van der Waals surface area contributed by atoms with E-state index in [-0.39, 0.29) is 6.04 Å². The normalized spacial score (nSPS) is 28.4. The van der Waals surface area contributed by atoms with Crippen molar-refractivity contribution < 1.29 is 4.74 Å². The Morgan fingerprint density at radius 1 is 1.33 bits per heavy atom. The highest BCUT2D eigenvalue weighted by atomic mass is 16.5. The van der Waals surface area contributed by atoms with Gasteiger partial charge in [-0.25, -0.2) is 0 Å². The standard InChI is InChI=1S/C18H28N2O/c1-4-18(2)7-9-20(10-8-18)16-11-13-5-6-14(21-3)12-15(13)17(16)19/h5-6,12,16-17H,4,7-11,19H2,1-3H3. The number of likely N-dealkylation sites (tertiary alicyclic amines) is 1. The zero-order valence-corrected chi connectivity index (χ0v) is 13.6. The van der Waals surface area contributed by atoms with E-state index in [1.165, 1.54) is 43.5 Å². The van der Waals surface area contributed by atoms with Crippen LogP contribution in [0.2, 0.25) is 0 Å². The molecule has 1 aliphatic carbocycles. The zero-order chi connectivity index (χ0) is 15.0. The van der Waals surface area contributed by atoms with Gasteiger partial charge in [0, 0.05) is 12.1 Å². The maximum absolute atomic E-state index is 6.55. The molecule has 0 amide bonds. The fourth-order valence-corrected chi connectivity index (χ4v) is 3.86. The van der Waals surface area contributed by atoms with Gasteiger partial charge in [-0.1, -0.05) is 26.3 Å². The molecule has 2 unspecified atom stereocenters. The molecule has 3 heteroatoms. The van der Waals surface area contributed by atoms with Gasteiger partial charge in [0.1, 0.15) is 5.75 Å². The Kier molecular flexibility index (Phi) is 3.98. The number of ether oxygens (including phenoxy) is 1. The number of hydrogen-bond acceptors (Lipinski definition) is 3. The number of hydrogen-bond donors (Lipinski definition) is 1. The highest BCUT2D eigenvalue weighted by Crippen LogP contribution is 2.40. The number of nitrogens with two attached hydrogens (primary N) is 1. The number of methoxy groups -OCH3 is 1. The molecule has 0 aromatic heterocycles. The smallest absolute Gasteiger partial charge is 0.119 e. The van der Waals surface area contributed by atoms with Crippen LogP contribution < -0.4 is 10.5 Å². The van der Waals surface area contributed by atoms with E-state index in [2.05, 4.69) is 36.9 Å². The van der Waals surface area contributed by atoms with Crippen molar-refractivity contribution in [1.29, 1.82) is 0 Å². The molecular weight excluding hydrogens is 260 g/mol. The molecule has 0 bridgehead atoms. The molecule has 116 valence electrons. The Balaban J connectivity index is 1.72. The fraction of sp³-hybridized carbons (Fsp3) is 0.667. The number of rotatable bonds is 3. The fourth-order valence-electron chi connectivity index (χ4n) is 3.86. The third kappa shape index (κ3) is 2.69. The van der Waals surface area contributed by atoms with Gasteiger partial charge < -0.3 is 10.5 Å². The van der Waals surface area contributed by atoms with Crippen LogP contribution in [0.4, 0.5) is 0 Å². The van der Waals surface area contributed by atoms with E-state index in [0.717, 1.165) is 12.2 Å². The first-order valence-corrected chi connectivity index (χ1v) is 8.23. The number of fused-ring (bicyclic) bond motifs is 1. The summed E-state index contributed by atoms with van der Waals surface area (Å²) in [6.45, 7) is 7.12. The van der Waals surface area contributed by atoms with Crippen molar-refractivity contribution in [2.45, 2.75) is 51.6 Å². The van der Waals surface area contributed by atoms with Crippen LogP contribution in [-0.2, 0) is 6.42 Å². The maximum atomic E-state index is 6.55. The van der Waals surface area contributed by atoms with Gasteiger partial charge in [0.05, 0.1) is 7.11 Å². The second-order valence-corrected chi connectivity index (χ2v) is 7.06. The van der Waals surface area contributed by atoms with E-state index >= 15 is 0 Å². The molecule has 2 aliphatic rings. The van der Waals surface area contributed by atoms with Crippen LogP contribution in [0, 0.1) is 5.41 Å².